The van der Waals surface area contributed by atoms with Crippen molar-refractivity contribution in [1.29, 1.82) is 0 Å². The monoisotopic (exact) mass is 434 g/mol. The van der Waals surface area contributed by atoms with Crippen molar-refractivity contribution in [2.75, 3.05) is 18.5 Å². The number of amides is 2. The Morgan fingerprint density at radius 1 is 1.03 bits per heavy atom. The fraction of sp³-hybridized carbons (Fsp3) is 0.217. The number of aromatic nitrogens is 2. The molecule has 32 heavy (non-hydrogen) atoms. The number of rotatable bonds is 8. The Labute approximate surface area is 184 Å². The van der Waals surface area contributed by atoms with E-state index in [0.717, 1.165) is 22.3 Å². The summed E-state index contributed by atoms with van der Waals surface area (Å²) in [6.07, 6.45) is 2.23. The van der Waals surface area contributed by atoms with Crippen molar-refractivity contribution in [2.24, 2.45) is 0 Å². The Hall–Kier alpha value is -4.14. The minimum atomic E-state index is -1.03. The molecule has 0 unspecified atom stereocenters. The van der Waals surface area contributed by atoms with Gasteiger partial charge in [0.15, 0.2) is 0 Å². The molecule has 0 spiro atoms. The number of hydrogen-bond acceptors (Lipinski definition) is 5. The number of nitrogens with one attached hydrogen (secondary N) is 2. The molecule has 9 nitrogen and oxygen atoms in total. The molecule has 1 aliphatic rings. The number of anilines is 1. The van der Waals surface area contributed by atoms with Crippen molar-refractivity contribution in [3.63, 3.8) is 0 Å². The highest BCUT2D eigenvalue weighted by Crippen LogP contribution is 2.44. The van der Waals surface area contributed by atoms with Crippen molar-refractivity contribution in [2.45, 2.75) is 18.9 Å². The molecule has 4 rings (SSSR count). The molecule has 2 amide bonds. The van der Waals surface area contributed by atoms with E-state index in [1.807, 2.05) is 36.4 Å². The SMILES string of the molecule is O=C(O)Cn1cc(NC(=O)CCNC(=O)OCC2c3ccccc3-c3ccccc32)cn1. The van der Waals surface area contributed by atoms with E-state index in [4.69, 9.17) is 9.84 Å². The highest BCUT2D eigenvalue weighted by atomic mass is 16.5. The van der Waals surface area contributed by atoms with Gasteiger partial charge in [0.2, 0.25) is 5.91 Å². The number of carboxylic acids is 1. The molecule has 1 heterocycles. The van der Waals surface area contributed by atoms with Gasteiger partial charge in [0, 0.05) is 25.1 Å². The van der Waals surface area contributed by atoms with Crippen LogP contribution in [0.4, 0.5) is 10.5 Å². The zero-order valence-corrected chi connectivity index (χ0v) is 17.2. The number of carbonyl (C=O) groups is 3. The normalized spacial score (nSPS) is 12.0. The smallest absolute Gasteiger partial charge is 0.407 e. The van der Waals surface area contributed by atoms with Gasteiger partial charge < -0.3 is 20.5 Å². The van der Waals surface area contributed by atoms with Crippen LogP contribution >= 0.6 is 0 Å². The number of carbonyl (C=O) groups excluding carboxylic acids is 2. The Bertz CT molecular complexity index is 1110. The fourth-order valence-electron chi connectivity index (χ4n) is 3.80. The lowest BCUT2D eigenvalue weighted by Gasteiger charge is -2.14. The molecular weight excluding hydrogens is 412 g/mol. The van der Waals surface area contributed by atoms with E-state index in [0.29, 0.717) is 5.69 Å². The zero-order chi connectivity index (χ0) is 22.5. The van der Waals surface area contributed by atoms with E-state index in [1.54, 1.807) is 0 Å². The summed E-state index contributed by atoms with van der Waals surface area (Å²) in [5.41, 5.74) is 4.95. The number of aliphatic carboxylic acids is 1. The van der Waals surface area contributed by atoms with Crippen LogP contribution in [0.25, 0.3) is 11.1 Å². The quantitative estimate of drug-likeness (QED) is 0.501. The number of benzene rings is 2. The van der Waals surface area contributed by atoms with Crippen LogP contribution in [-0.2, 0) is 20.9 Å². The van der Waals surface area contributed by atoms with Gasteiger partial charge in [-0.3, -0.25) is 14.3 Å². The van der Waals surface area contributed by atoms with Gasteiger partial charge >= 0.3 is 12.1 Å². The molecule has 1 aromatic heterocycles. The third kappa shape index (κ3) is 4.77. The molecule has 3 aromatic rings. The maximum atomic E-state index is 12.1. The standard InChI is InChI=1S/C23H22N4O5/c28-21(26-15-11-25-27(12-15)13-22(29)30)9-10-24-23(31)32-14-20-18-7-3-1-5-16(18)17-6-2-4-8-19(17)20/h1-8,11-12,20H,9-10,13-14H2,(H,24,31)(H,26,28)(H,29,30). The molecule has 2 aromatic carbocycles. The van der Waals surface area contributed by atoms with Gasteiger partial charge in [0.05, 0.1) is 11.9 Å². The van der Waals surface area contributed by atoms with Crippen LogP contribution in [0.2, 0.25) is 0 Å². The molecule has 0 saturated carbocycles. The van der Waals surface area contributed by atoms with E-state index >= 15 is 0 Å². The summed E-state index contributed by atoms with van der Waals surface area (Å²) >= 11 is 0. The summed E-state index contributed by atoms with van der Waals surface area (Å²) in [6, 6.07) is 16.2. The summed E-state index contributed by atoms with van der Waals surface area (Å²) < 4.78 is 6.63. The minimum absolute atomic E-state index is 0.0289. The number of fused-ring (bicyclic) bond motifs is 3. The highest BCUT2D eigenvalue weighted by molar-refractivity contribution is 5.90. The topological polar surface area (TPSA) is 123 Å². The molecule has 0 aliphatic heterocycles. The van der Waals surface area contributed by atoms with Crippen molar-refractivity contribution >= 4 is 23.7 Å². The molecule has 0 saturated heterocycles. The molecule has 9 heteroatoms. The lowest BCUT2D eigenvalue weighted by atomic mass is 9.98. The Morgan fingerprint density at radius 2 is 1.69 bits per heavy atom. The van der Waals surface area contributed by atoms with Gasteiger partial charge in [-0.05, 0) is 22.3 Å². The molecule has 0 bridgehead atoms. The molecule has 0 fully saturated rings. The third-order valence-electron chi connectivity index (χ3n) is 5.18. The van der Waals surface area contributed by atoms with Gasteiger partial charge in [-0.15, -0.1) is 0 Å². The van der Waals surface area contributed by atoms with E-state index in [-0.39, 0.29) is 37.9 Å². The fourth-order valence-corrected chi connectivity index (χ4v) is 3.80. The van der Waals surface area contributed by atoms with Gasteiger partial charge in [0.25, 0.3) is 0 Å². The molecule has 0 radical (unpaired) electrons. The van der Waals surface area contributed by atoms with Gasteiger partial charge in [0.1, 0.15) is 13.2 Å². The first-order valence-corrected chi connectivity index (χ1v) is 10.1. The van der Waals surface area contributed by atoms with Crippen molar-refractivity contribution in [3.8, 4) is 11.1 Å². The van der Waals surface area contributed by atoms with Gasteiger partial charge in [-0.2, -0.15) is 5.10 Å². The maximum Gasteiger partial charge on any atom is 0.407 e. The van der Waals surface area contributed by atoms with E-state index < -0.39 is 12.1 Å². The first-order chi connectivity index (χ1) is 15.5. The molecule has 164 valence electrons. The predicted molar refractivity (Wildman–Crippen MR) is 116 cm³/mol. The van der Waals surface area contributed by atoms with E-state index in [1.165, 1.54) is 17.1 Å². The largest absolute Gasteiger partial charge is 0.480 e. The average molecular weight is 434 g/mol. The van der Waals surface area contributed by atoms with Crippen molar-refractivity contribution in [1.82, 2.24) is 15.1 Å². The lowest BCUT2D eigenvalue weighted by molar-refractivity contribution is -0.137. The number of nitrogens with zero attached hydrogens (tertiary/aromatic N) is 2. The average Bonchev–Trinajstić information content (AvgIpc) is 3.33. The van der Waals surface area contributed by atoms with Crippen LogP contribution in [0.5, 0.6) is 0 Å². The molecule has 1 aliphatic carbocycles. The first-order valence-electron chi connectivity index (χ1n) is 10.1. The van der Waals surface area contributed by atoms with E-state index in [2.05, 4.69) is 27.9 Å². The predicted octanol–water partition coefficient (Wildman–Crippen LogP) is 2.84. The Balaban J connectivity index is 1.23. The number of carboxylic acid groups (broad SMARTS) is 1. The van der Waals surface area contributed by atoms with Crippen LogP contribution in [0, 0.1) is 0 Å². The number of ether oxygens (including phenoxy) is 1. The summed E-state index contributed by atoms with van der Waals surface area (Å²) in [6.45, 7) is 0.0137. The highest BCUT2D eigenvalue weighted by Gasteiger charge is 2.28. The Kier molecular flexibility index (Phi) is 6.16. The lowest BCUT2D eigenvalue weighted by Crippen LogP contribution is -2.29. The second-order valence-electron chi connectivity index (χ2n) is 7.37. The number of hydrogen-bond donors (Lipinski definition) is 3. The first kappa shape index (κ1) is 21.1. The van der Waals surface area contributed by atoms with Crippen LogP contribution in [0.1, 0.15) is 23.5 Å². The zero-order valence-electron chi connectivity index (χ0n) is 17.2. The maximum absolute atomic E-state index is 12.1. The van der Waals surface area contributed by atoms with Crippen molar-refractivity contribution in [3.05, 3.63) is 72.1 Å². The summed E-state index contributed by atoms with van der Waals surface area (Å²) in [5, 5.41) is 17.8. The van der Waals surface area contributed by atoms with Crippen LogP contribution in [-0.4, -0.2) is 46.0 Å². The molecule has 3 N–H and O–H groups in total. The van der Waals surface area contributed by atoms with Crippen molar-refractivity contribution < 1.29 is 24.2 Å². The second kappa shape index (κ2) is 9.34. The van der Waals surface area contributed by atoms with Gasteiger partial charge in [-0.25, -0.2) is 4.79 Å². The number of alkyl carbamates (subject to hydrolysis) is 1. The summed E-state index contributed by atoms with van der Waals surface area (Å²) in [5.74, 6) is -1.39. The Morgan fingerprint density at radius 3 is 2.34 bits per heavy atom. The summed E-state index contributed by atoms with van der Waals surface area (Å²) in [4.78, 5) is 34.8. The van der Waals surface area contributed by atoms with Crippen LogP contribution in [0.15, 0.2) is 60.9 Å². The summed E-state index contributed by atoms with van der Waals surface area (Å²) in [7, 11) is 0. The van der Waals surface area contributed by atoms with Crippen LogP contribution in [0.3, 0.4) is 0 Å². The second-order valence-corrected chi connectivity index (χ2v) is 7.37. The molecular formula is C23H22N4O5. The van der Waals surface area contributed by atoms with Gasteiger partial charge in [-0.1, -0.05) is 48.5 Å². The molecule has 0 atom stereocenters. The van der Waals surface area contributed by atoms with Crippen LogP contribution < -0.4 is 10.6 Å². The third-order valence-corrected chi connectivity index (χ3v) is 5.18. The van der Waals surface area contributed by atoms with E-state index in [9.17, 15) is 14.4 Å². The minimum Gasteiger partial charge on any atom is -0.480 e.